The van der Waals surface area contributed by atoms with Crippen LogP contribution in [0.15, 0.2) is 42.5 Å². The first-order valence-corrected chi connectivity index (χ1v) is 10.7. The Bertz CT molecular complexity index is 683. The number of nitrogens with one attached hydrogen (secondary N) is 2. The molecule has 1 aromatic carbocycles. The smallest absolute Gasteiger partial charge is 0.407 e. The average Bonchev–Trinajstić information content (AvgIpc) is 2.69. The Hall–Kier alpha value is -2.76. The van der Waals surface area contributed by atoms with Gasteiger partial charge in [0.25, 0.3) is 0 Å². The second kappa shape index (κ2) is 15.1. The van der Waals surface area contributed by atoms with E-state index in [-0.39, 0.29) is 12.2 Å². The highest BCUT2D eigenvalue weighted by atomic mass is 16.6. The zero-order chi connectivity index (χ0) is 22.2. The van der Waals surface area contributed by atoms with Gasteiger partial charge in [-0.2, -0.15) is 0 Å². The van der Waals surface area contributed by atoms with E-state index in [0.29, 0.717) is 13.1 Å². The Morgan fingerprint density at radius 1 is 0.867 bits per heavy atom. The fraction of sp³-hybridized carbons (Fsp3) is 0.500. The van der Waals surface area contributed by atoms with E-state index in [1.54, 1.807) is 0 Å². The second-order valence-electron chi connectivity index (χ2n) is 7.28. The maximum absolute atomic E-state index is 11.8. The number of hydrogen-bond donors (Lipinski definition) is 2. The van der Waals surface area contributed by atoms with Crippen LogP contribution in [0.5, 0.6) is 0 Å². The van der Waals surface area contributed by atoms with Crippen LogP contribution in [0.4, 0.5) is 9.59 Å². The molecule has 0 aliphatic carbocycles. The van der Waals surface area contributed by atoms with Crippen LogP contribution >= 0.6 is 0 Å². The molecule has 0 bridgehead atoms. The molecule has 2 atom stereocenters. The third-order valence-corrected chi connectivity index (χ3v) is 4.33. The largest absolute Gasteiger partial charge is 0.442 e. The predicted octanol–water partition coefficient (Wildman–Crippen LogP) is 5.37. The minimum Gasteiger partial charge on any atom is -0.442 e. The molecule has 6 nitrogen and oxygen atoms in total. The lowest BCUT2D eigenvalue weighted by molar-refractivity contribution is 0.125. The molecule has 0 saturated carbocycles. The average molecular weight is 417 g/mol. The fourth-order valence-electron chi connectivity index (χ4n) is 2.68. The molecule has 2 N–H and O–H groups in total. The van der Waals surface area contributed by atoms with Crippen LogP contribution in [-0.4, -0.2) is 37.5 Å². The van der Waals surface area contributed by atoms with Crippen molar-refractivity contribution in [2.75, 3.05) is 13.1 Å². The van der Waals surface area contributed by atoms with Crippen molar-refractivity contribution in [3.63, 3.8) is 0 Å². The number of amides is 2. The van der Waals surface area contributed by atoms with Gasteiger partial charge in [-0.25, -0.2) is 9.59 Å². The standard InChI is InChI=1S/C24H36N2O4/c1-5-10-20(3)29-23(27)25-17-8-6-7-9-18-26-24(28)30-21(4)13-16-22-14-11-19(2)12-15-22/h5,10-16,20-21H,6-9,17-18H2,1-4H3,(H,25,27)(H,26,28)/b10-5+,16-13+. The van der Waals surface area contributed by atoms with E-state index < -0.39 is 12.2 Å². The highest BCUT2D eigenvalue weighted by molar-refractivity contribution is 5.68. The summed E-state index contributed by atoms with van der Waals surface area (Å²) in [5.41, 5.74) is 2.29. The van der Waals surface area contributed by atoms with Gasteiger partial charge in [0, 0.05) is 13.1 Å². The number of rotatable bonds is 12. The Kier molecular flexibility index (Phi) is 12.7. The first-order chi connectivity index (χ1) is 14.4. The minimum absolute atomic E-state index is 0.221. The first kappa shape index (κ1) is 25.3. The molecule has 2 unspecified atom stereocenters. The Balaban J connectivity index is 2.03. The van der Waals surface area contributed by atoms with Gasteiger partial charge in [0.1, 0.15) is 12.2 Å². The lowest BCUT2D eigenvalue weighted by Gasteiger charge is -2.11. The van der Waals surface area contributed by atoms with Crippen molar-refractivity contribution >= 4 is 18.3 Å². The Morgan fingerprint density at radius 3 is 1.87 bits per heavy atom. The summed E-state index contributed by atoms with van der Waals surface area (Å²) in [4.78, 5) is 23.4. The Labute approximate surface area is 180 Å². The van der Waals surface area contributed by atoms with Crippen molar-refractivity contribution in [3.8, 4) is 0 Å². The molecule has 1 aromatic rings. The summed E-state index contributed by atoms with van der Waals surface area (Å²) in [5, 5.41) is 5.51. The van der Waals surface area contributed by atoms with Gasteiger partial charge in [-0.15, -0.1) is 0 Å². The van der Waals surface area contributed by atoms with Crippen molar-refractivity contribution in [2.24, 2.45) is 0 Å². The molecule has 6 heteroatoms. The summed E-state index contributed by atoms with van der Waals surface area (Å²) in [5.74, 6) is 0. The van der Waals surface area contributed by atoms with Crippen LogP contribution in [-0.2, 0) is 9.47 Å². The summed E-state index contributed by atoms with van der Waals surface area (Å²) >= 11 is 0. The van der Waals surface area contributed by atoms with Gasteiger partial charge in [-0.05, 0) is 58.3 Å². The lowest BCUT2D eigenvalue weighted by atomic mass is 10.1. The quantitative estimate of drug-likeness (QED) is 0.354. The summed E-state index contributed by atoms with van der Waals surface area (Å²) in [6.45, 7) is 8.74. The van der Waals surface area contributed by atoms with Crippen LogP contribution in [0, 0.1) is 6.92 Å². The molecule has 166 valence electrons. The SMILES string of the molecule is C/C=C/C(C)OC(=O)NCCCCCCNC(=O)OC(C)/C=C/c1ccc(C)cc1. The van der Waals surface area contributed by atoms with Crippen molar-refractivity contribution in [1.29, 1.82) is 0 Å². The highest BCUT2D eigenvalue weighted by Crippen LogP contribution is 2.07. The molecule has 0 fully saturated rings. The summed E-state index contributed by atoms with van der Waals surface area (Å²) in [6, 6.07) is 8.15. The monoisotopic (exact) mass is 416 g/mol. The number of hydrogen-bond acceptors (Lipinski definition) is 4. The van der Waals surface area contributed by atoms with E-state index in [2.05, 4.69) is 10.6 Å². The van der Waals surface area contributed by atoms with Gasteiger partial charge in [0.15, 0.2) is 0 Å². The lowest BCUT2D eigenvalue weighted by Crippen LogP contribution is -2.28. The molecule has 0 saturated heterocycles. The van der Waals surface area contributed by atoms with E-state index in [9.17, 15) is 9.59 Å². The zero-order valence-electron chi connectivity index (χ0n) is 18.6. The number of allylic oxidation sites excluding steroid dienone is 1. The van der Waals surface area contributed by atoms with Crippen molar-refractivity contribution < 1.29 is 19.1 Å². The molecule has 0 radical (unpaired) electrons. The number of aryl methyl sites for hydroxylation is 1. The molecule has 2 amide bonds. The second-order valence-corrected chi connectivity index (χ2v) is 7.28. The molecule has 0 aliphatic heterocycles. The van der Waals surface area contributed by atoms with Gasteiger partial charge in [0.2, 0.25) is 0 Å². The molecule has 0 aromatic heterocycles. The molecular formula is C24H36N2O4. The predicted molar refractivity (Wildman–Crippen MR) is 121 cm³/mol. The van der Waals surface area contributed by atoms with Gasteiger partial charge >= 0.3 is 12.2 Å². The van der Waals surface area contributed by atoms with E-state index >= 15 is 0 Å². The van der Waals surface area contributed by atoms with Crippen LogP contribution in [0.2, 0.25) is 0 Å². The van der Waals surface area contributed by atoms with Crippen LogP contribution in [0.25, 0.3) is 6.08 Å². The number of carbonyl (C=O) groups is 2. The van der Waals surface area contributed by atoms with Crippen LogP contribution in [0.3, 0.4) is 0 Å². The summed E-state index contributed by atoms with van der Waals surface area (Å²) < 4.78 is 10.5. The van der Waals surface area contributed by atoms with Gasteiger partial charge in [0.05, 0.1) is 0 Å². The first-order valence-electron chi connectivity index (χ1n) is 10.7. The van der Waals surface area contributed by atoms with Crippen molar-refractivity contribution in [2.45, 2.75) is 65.6 Å². The van der Waals surface area contributed by atoms with Gasteiger partial charge in [-0.1, -0.05) is 54.8 Å². The minimum atomic E-state index is -0.407. The molecular weight excluding hydrogens is 380 g/mol. The molecule has 0 spiro atoms. The van der Waals surface area contributed by atoms with Gasteiger partial charge < -0.3 is 20.1 Å². The van der Waals surface area contributed by atoms with E-state index in [4.69, 9.17) is 9.47 Å². The number of unbranched alkanes of at least 4 members (excludes halogenated alkanes) is 3. The van der Waals surface area contributed by atoms with E-state index in [1.165, 1.54) is 5.56 Å². The fourth-order valence-corrected chi connectivity index (χ4v) is 2.68. The molecule has 0 aliphatic rings. The Morgan fingerprint density at radius 2 is 1.37 bits per heavy atom. The normalized spacial score (nSPS) is 13.2. The van der Waals surface area contributed by atoms with Crippen LogP contribution < -0.4 is 10.6 Å². The summed E-state index contributed by atoms with van der Waals surface area (Å²) in [6.07, 6.45) is 9.84. The zero-order valence-corrected chi connectivity index (χ0v) is 18.6. The summed E-state index contributed by atoms with van der Waals surface area (Å²) in [7, 11) is 0. The molecule has 30 heavy (non-hydrogen) atoms. The van der Waals surface area contributed by atoms with E-state index in [0.717, 1.165) is 31.2 Å². The third kappa shape index (κ3) is 12.6. The number of carbonyl (C=O) groups excluding carboxylic acids is 2. The number of benzene rings is 1. The van der Waals surface area contributed by atoms with Crippen molar-refractivity contribution in [3.05, 3.63) is 53.6 Å². The molecule has 1 rings (SSSR count). The maximum atomic E-state index is 11.8. The molecule has 0 heterocycles. The highest BCUT2D eigenvalue weighted by Gasteiger charge is 2.06. The van der Waals surface area contributed by atoms with Gasteiger partial charge in [-0.3, -0.25) is 0 Å². The number of ether oxygens (including phenoxy) is 2. The van der Waals surface area contributed by atoms with Crippen LogP contribution in [0.1, 0.15) is 57.6 Å². The number of alkyl carbamates (subject to hydrolysis) is 2. The maximum Gasteiger partial charge on any atom is 0.407 e. The third-order valence-electron chi connectivity index (χ3n) is 4.33. The topological polar surface area (TPSA) is 76.7 Å². The van der Waals surface area contributed by atoms with E-state index in [1.807, 2.05) is 76.3 Å². The van der Waals surface area contributed by atoms with Crippen molar-refractivity contribution in [1.82, 2.24) is 10.6 Å².